The van der Waals surface area contributed by atoms with Gasteiger partial charge in [0.2, 0.25) is 0 Å². The van der Waals surface area contributed by atoms with Gasteiger partial charge in [0, 0.05) is 5.70 Å². The van der Waals surface area contributed by atoms with Gasteiger partial charge in [-0.2, -0.15) is 0 Å². The Morgan fingerprint density at radius 3 is 2.30 bits per heavy atom. The Kier molecular flexibility index (Phi) is 7.40. The van der Waals surface area contributed by atoms with Crippen LogP contribution >= 0.6 is 0 Å². The van der Waals surface area contributed by atoms with Crippen LogP contribution in [-0.4, -0.2) is 0 Å². The van der Waals surface area contributed by atoms with E-state index in [1.165, 1.54) is 57.1 Å². The van der Waals surface area contributed by atoms with Gasteiger partial charge in [0.05, 0.1) is 0 Å². The zero-order valence-corrected chi connectivity index (χ0v) is 14.2. The normalized spacial score (nSPS) is 15.2. The molecule has 0 atom stereocenters. The lowest BCUT2D eigenvalue weighted by molar-refractivity contribution is 0.169. The van der Waals surface area contributed by atoms with Crippen LogP contribution in [0.4, 0.5) is 0 Å². The van der Waals surface area contributed by atoms with E-state index in [0.717, 1.165) is 12.3 Å². The van der Waals surface area contributed by atoms with Crippen LogP contribution in [0.3, 0.4) is 0 Å². The van der Waals surface area contributed by atoms with Crippen LogP contribution in [0.15, 0.2) is 24.0 Å². The first kappa shape index (κ1) is 17.3. The fourth-order valence-electron chi connectivity index (χ4n) is 3.10. The second kappa shape index (κ2) is 8.54. The summed E-state index contributed by atoms with van der Waals surface area (Å²) in [5.41, 5.74) is 3.17. The van der Waals surface area contributed by atoms with Crippen molar-refractivity contribution in [3.63, 3.8) is 0 Å². The van der Waals surface area contributed by atoms with Gasteiger partial charge >= 0.3 is 0 Å². The highest BCUT2D eigenvalue weighted by Gasteiger charge is 2.27. The molecule has 1 aliphatic carbocycles. The molecule has 0 aromatic rings. The summed E-state index contributed by atoms with van der Waals surface area (Å²) in [6.45, 7) is 13.7. The highest BCUT2D eigenvalue weighted by molar-refractivity contribution is 5.11. The van der Waals surface area contributed by atoms with E-state index in [-0.39, 0.29) is 0 Å². The van der Waals surface area contributed by atoms with E-state index in [4.69, 9.17) is 0 Å². The van der Waals surface area contributed by atoms with Crippen LogP contribution in [-0.2, 0) is 0 Å². The molecule has 0 amide bonds. The van der Waals surface area contributed by atoms with Gasteiger partial charge in [0.15, 0.2) is 0 Å². The van der Waals surface area contributed by atoms with E-state index in [1.807, 2.05) is 0 Å². The van der Waals surface area contributed by atoms with Crippen molar-refractivity contribution in [2.24, 2.45) is 11.3 Å². The van der Waals surface area contributed by atoms with Gasteiger partial charge in [-0.1, -0.05) is 65.5 Å². The minimum absolute atomic E-state index is 0.431. The summed E-state index contributed by atoms with van der Waals surface area (Å²) in [5.74, 6) is 0.857. The first-order valence-corrected chi connectivity index (χ1v) is 8.61. The molecule has 0 bridgehead atoms. The number of hydrogen-bond acceptors (Lipinski definition) is 1. The summed E-state index contributed by atoms with van der Waals surface area (Å²) in [6.07, 6.45) is 13.8. The molecule has 1 aliphatic rings. The lowest BCUT2D eigenvalue weighted by Gasteiger charge is -2.35. The largest absolute Gasteiger partial charge is 0.366 e. The van der Waals surface area contributed by atoms with Crippen molar-refractivity contribution in [1.29, 1.82) is 0 Å². The SMILES string of the molecule is C=C(CCC(C)(C)C(CCC)CCC)NC=C1CCC1. The summed E-state index contributed by atoms with van der Waals surface area (Å²) < 4.78 is 0. The van der Waals surface area contributed by atoms with Crippen LogP contribution in [0.5, 0.6) is 0 Å². The molecule has 0 unspecified atom stereocenters. The molecule has 0 aromatic heterocycles. The maximum atomic E-state index is 4.18. The molecule has 1 N–H and O–H groups in total. The van der Waals surface area contributed by atoms with Crippen molar-refractivity contribution in [2.45, 2.75) is 85.5 Å². The molecule has 1 saturated carbocycles. The topological polar surface area (TPSA) is 12.0 Å². The lowest BCUT2D eigenvalue weighted by Crippen LogP contribution is -2.25. The van der Waals surface area contributed by atoms with Crippen LogP contribution in [0.2, 0.25) is 0 Å². The molecule has 1 rings (SSSR count). The lowest BCUT2D eigenvalue weighted by atomic mass is 9.71. The smallest absolute Gasteiger partial charge is 0.00735 e. The summed E-state index contributed by atoms with van der Waals surface area (Å²) in [7, 11) is 0. The van der Waals surface area contributed by atoms with E-state index in [2.05, 4.69) is 45.8 Å². The molecule has 0 aliphatic heterocycles. The zero-order chi connectivity index (χ0) is 15.0. The average Bonchev–Trinajstić information content (AvgIpc) is 2.34. The fraction of sp³-hybridized carbons (Fsp3) is 0.789. The third-order valence-electron chi connectivity index (χ3n) is 4.93. The van der Waals surface area contributed by atoms with Gasteiger partial charge in [-0.25, -0.2) is 0 Å². The van der Waals surface area contributed by atoms with Gasteiger partial charge in [-0.15, -0.1) is 0 Å². The Morgan fingerprint density at radius 2 is 1.85 bits per heavy atom. The van der Waals surface area contributed by atoms with Crippen LogP contribution in [0, 0.1) is 11.3 Å². The van der Waals surface area contributed by atoms with Crippen molar-refractivity contribution in [2.75, 3.05) is 0 Å². The molecule has 0 heterocycles. The van der Waals surface area contributed by atoms with Crippen molar-refractivity contribution in [3.05, 3.63) is 24.0 Å². The molecule has 1 heteroatoms. The second-order valence-corrected chi connectivity index (χ2v) is 7.17. The molecule has 116 valence electrons. The first-order chi connectivity index (χ1) is 9.49. The van der Waals surface area contributed by atoms with Crippen LogP contribution < -0.4 is 5.32 Å². The van der Waals surface area contributed by atoms with E-state index in [9.17, 15) is 0 Å². The minimum atomic E-state index is 0.431. The molecular weight excluding hydrogens is 242 g/mol. The fourth-order valence-corrected chi connectivity index (χ4v) is 3.10. The van der Waals surface area contributed by atoms with E-state index in [0.29, 0.717) is 5.41 Å². The van der Waals surface area contributed by atoms with Crippen molar-refractivity contribution in [1.82, 2.24) is 5.32 Å². The van der Waals surface area contributed by atoms with Crippen LogP contribution in [0.1, 0.15) is 85.5 Å². The maximum Gasteiger partial charge on any atom is 0.00735 e. The van der Waals surface area contributed by atoms with Crippen LogP contribution in [0.25, 0.3) is 0 Å². The predicted molar refractivity (Wildman–Crippen MR) is 90.5 cm³/mol. The van der Waals surface area contributed by atoms with Crippen molar-refractivity contribution in [3.8, 4) is 0 Å². The average molecular weight is 277 g/mol. The Bertz CT molecular complexity index is 313. The third kappa shape index (κ3) is 5.73. The zero-order valence-electron chi connectivity index (χ0n) is 14.2. The number of allylic oxidation sites excluding steroid dienone is 2. The van der Waals surface area contributed by atoms with Gasteiger partial charge in [0.1, 0.15) is 0 Å². The molecule has 0 saturated heterocycles. The molecular formula is C19H35N. The van der Waals surface area contributed by atoms with Gasteiger partial charge in [0.25, 0.3) is 0 Å². The van der Waals surface area contributed by atoms with E-state index in [1.54, 1.807) is 5.57 Å². The first-order valence-electron chi connectivity index (χ1n) is 8.61. The second-order valence-electron chi connectivity index (χ2n) is 7.17. The number of nitrogens with one attached hydrogen (secondary N) is 1. The quantitative estimate of drug-likeness (QED) is 0.502. The summed E-state index contributed by atoms with van der Waals surface area (Å²) in [6, 6.07) is 0. The summed E-state index contributed by atoms with van der Waals surface area (Å²) >= 11 is 0. The van der Waals surface area contributed by atoms with Crippen molar-refractivity contribution < 1.29 is 0 Å². The standard InChI is InChI=1S/C19H35N/c1-6-9-18(10-7-2)19(4,5)14-13-16(3)20-15-17-11-8-12-17/h15,18,20H,3,6-14H2,1-2,4-5H3. The Balaban J connectivity index is 2.37. The third-order valence-corrected chi connectivity index (χ3v) is 4.93. The molecule has 1 fully saturated rings. The summed E-state index contributed by atoms with van der Waals surface area (Å²) in [5, 5.41) is 3.40. The molecule has 0 aromatic carbocycles. The predicted octanol–water partition coefficient (Wildman–Crippen LogP) is 6.18. The van der Waals surface area contributed by atoms with Crippen molar-refractivity contribution >= 4 is 0 Å². The number of hydrogen-bond donors (Lipinski definition) is 1. The molecule has 1 nitrogen and oxygen atoms in total. The number of rotatable bonds is 10. The molecule has 0 radical (unpaired) electrons. The summed E-state index contributed by atoms with van der Waals surface area (Å²) in [4.78, 5) is 0. The Morgan fingerprint density at radius 1 is 1.25 bits per heavy atom. The van der Waals surface area contributed by atoms with E-state index >= 15 is 0 Å². The Labute approximate surface area is 126 Å². The Hall–Kier alpha value is -0.720. The molecule has 0 spiro atoms. The van der Waals surface area contributed by atoms with E-state index < -0.39 is 0 Å². The highest BCUT2D eigenvalue weighted by atomic mass is 14.8. The minimum Gasteiger partial charge on any atom is -0.366 e. The maximum absolute atomic E-state index is 4.18. The van der Waals surface area contributed by atoms with Gasteiger partial charge < -0.3 is 5.32 Å². The molecule has 20 heavy (non-hydrogen) atoms. The van der Waals surface area contributed by atoms with Gasteiger partial charge in [-0.05, 0) is 49.6 Å². The highest BCUT2D eigenvalue weighted by Crippen LogP contribution is 2.38. The monoisotopic (exact) mass is 277 g/mol. The van der Waals surface area contributed by atoms with Gasteiger partial charge in [-0.3, -0.25) is 0 Å².